The lowest BCUT2D eigenvalue weighted by Gasteiger charge is -2.41. The molecule has 1 unspecified atom stereocenters. The molecule has 2 saturated heterocycles. The van der Waals surface area contributed by atoms with Gasteiger partial charge in [0.25, 0.3) is 5.91 Å². The number of alkyl carbamates (subject to hydrolysis) is 1. The van der Waals surface area contributed by atoms with Crippen LogP contribution in [0.5, 0.6) is 0 Å². The van der Waals surface area contributed by atoms with Gasteiger partial charge >= 0.3 is 6.09 Å². The number of amides is 2. The molecule has 68 heavy (non-hydrogen) atoms. The molecule has 0 saturated carbocycles. The molecular formula is C52H52Cl2N10O4. The number of carbonyl (C=O) groups is 2. The van der Waals surface area contributed by atoms with E-state index in [0.29, 0.717) is 99.2 Å². The van der Waals surface area contributed by atoms with Crippen molar-refractivity contribution in [3.8, 4) is 23.7 Å². The summed E-state index contributed by atoms with van der Waals surface area (Å²) in [5.74, 6) is 12.9. The van der Waals surface area contributed by atoms with Crippen LogP contribution in [0.4, 0.5) is 22.1 Å². The number of aromatic nitrogens is 2. The van der Waals surface area contributed by atoms with Gasteiger partial charge in [-0.3, -0.25) is 20.4 Å². The third-order valence-corrected chi connectivity index (χ3v) is 12.5. The van der Waals surface area contributed by atoms with Crippen LogP contribution in [0.15, 0.2) is 91.3 Å². The second kappa shape index (κ2) is 20.1. The maximum atomic E-state index is 13.1. The number of pyridine rings is 2. The lowest BCUT2D eigenvalue weighted by Crippen LogP contribution is -2.53. The van der Waals surface area contributed by atoms with Crippen molar-refractivity contribution in [1.29, 1.82) is 5.41 Å². The number of halogens is 2. The molecule has 2 aliphatic heterocycles. The van der Waals surface area contributed by atoms with Crippen LogP contribution < -0.4 is 27.4 Å². The highest BCUT2D eigenvalue weighted by molar-refractivity contribution is 6.32. The third kappa shape index (κ3) is 10.9. The van der Waals surface area contributed by atoms with Crippen LogP contribution in [0.3, 0.4) is 0 Å². The molecule has 8 rings (SSSR count). The molecule has 348 valence electrons. The number of likely N-dealkylation sites (tertiary alicyclic amines) is 2. The number of nitrogens with one attached hydrogen (secondary N) is 2. The first-order valence-corrected chi connectivity index (χ1v) is 23.1. The second-order valence-corrected chi connectivity index (χ2v) is 18.8. The van der Waals surface area contributed by atoms with Crippen LogP contribution in [0, 0.1) is 29.1 Å². The summed E-state index contributed by atoms with van der Waals surface area (Å²) in [7, 11) is 0. The van der Waals surface area contributed by atoms with Crippen molar-refractivity contribution in [2.45, 2.75) is 70.4 Å². The molecule has 1 atom stereocenters. The number of fused-ring (bicyclic) bond motifs is 2. The number of carbonyl (C=O) groups excluding carboxylic acids is 2. The number of guanidine groups is 1. The molecule has 6 aromatic rings. The van der Waals surface area contributed by atoms with Gasteiger partial charge in [0.2, 0.25) is 5.96 Å². The Morgan fingerprint density at radius 1 is 0.794 bits per heavy atom. The molecule has 2 amide bonds. The molecule has 9 N–H and O–H groups in total. The summed E-state index contributed by atoms with van der Waals surface area (Å²) in [6.45, 7) is 7.41. The number of hydrogen-bond acceptors (Lipinski definition) is 11. The average molecular weight is 952 g/mol. The fourth-order valence-electron chi connectivity index (χ4n) is 8.49. The SMILES string of the molecule is CC(C)(C)OC(=O)NC(=N)N(c1cc(Cl)cc2c(C#Cc3ccc(C(=O)N4CCC(N)CC4)cc3)c(N)ncc12)C1CCN(C(O)c2ccc(C#Cc3c(N)ncc4ccc(Cl)cc34)cc2)CC1. The van der Waals surface area contributed by atoms with Crippen molar-refractivity contribution < 1.29 is 19.4 Å². The number of nitrogens with two attached hydrogens (primary N) is 3. The first-order valence-electron chi connectivity index (χ1n) is 22.3. The van der Waals surface area contributed by atoms with Crippen LogP contribution in [-0.2, 0) is 4.74 Å². The summed E-state index contributed by atoms with van der Waals surface area (Å²) in [6.07, 6.45) is 4.14. The number of nitrogen functional groups attached to an aromatic ring is 2. The zero-order valence-corrected chi connectivity index (χ0v) is 39.5. The van der Waals surface area contributed by atoms with Gasteiger partial charge in [-0.15, -0.1) is 0 Å². The van der Waals surface area contributed by atoms with Gasteiger partial charge in [0.05, 0.1) is 16.8 Å². The first-order chi connectivity index (χ1) is 32.5. The Morgan fingerprint density at radius 3 is 2.01 bits per heavy atom. The van der Waals surface area contributed by atoms with E-state index in [2.05, 4.69) is 39.0 Å². The number of anilines is 3. The van der Waals surface area contributed by atoms with Gasteiger partial charge in [0, 0.05) is 98.9 Å². The Labute approximate surface area is 405 Å². The highest BCUT2D eigenvalue weighted by Gasteiger charge is 2.33. The fourth-order valence-corrected chi connectivity index (χ4v) is 8.88. The summed E-state index contributed by atoms with van der Waals surface area (Å²) in [5.41, 5.74) is 22.1. The molecule has 4 aromatic carbocycles. The highest BCUT2D eigenvalue weighted by atomic mass is 35.5. The van der Waals surface area contributed by atoms with E-state index >= 15 is 0 Å². The van der Waals surface area contributed by atoms with Crippen molar-refractivity contribution in [3.63, 3.8) is 0 Å². The Morgan fingerprint density at radius 2 is 1.38 bits per heavy atom. The number of aliphatic hydroxyl groups is 1. The van der Waals surface area contributed by atoms with Crippen molar-refractivity contribution >= 4 is 80.0 Å². The molecule has 2 aromatic heterocycles. The van der Waals surface area contributed by atoms with E-state index in [1.807, 2.05) is 46.2 Å². The number of ether oxygens (including phenoxy) is 1. The lowest BCUT2D eigenvalue weighted by molar-refractivity contribution is -0.0125. The van der Waals surface area contributed by atoms with Crippen LogP contribution >= 0.6 is 23.2 Å². The maximum absolute atomic E-state index is 13.1. The van der Waals surface area contributed by atoms with Crippen LogP contribution in [0.25, 0.3) is 21.5 Å². The van der Waals surface area contributed by atoms with Gasteiger partial charge in [0.15, 0.2) is 0 Å². The Bertz CT molecular complexity index is 3020. The minimum atomic E-state index is -0.920. The van der Waals surface area contributed by atoms with E-state index < -0.39 is 17.9 Å². The molecule has 0 radical (unpaired) electrons. The van der Waals surface area contributed by atoms with Crippen LogP contribution in [-0.4, -0.2) is 86.7 Å². The normalized spacial score (nSPS) is 15.2. The van der Waals surface area contributed by atoms with E-state index in [0.717, 1.165) is 29.2 Å². The van der Waals surface area contributed by atoms with Gasteiger partial charge in [-0.2, -0.15) is 0 Å². The molecule has 4 heterocycles. The van der Waals surface area contributed by atoms with Gasteiger partial charge in [-0.1, -0.05) is 65.1 Å². The standard InChI is InChI=1S/C52H52Cl2N10O4/c1-52(2,3)68-51(67)61-50(58)64(39-20-24-63(25-21-39)49(66)34-12-4-31(5-13-34)8-16-40-42-26-36(53)15-14-35(42)29-59-46(40)56)45-28-37(54)27-43-41(47(57)60-30-44(43)45)17-9-32-6-10-33(11-7-32)48(65)62-22-18-38(55)19-23-62/h4-7,10-15,26-30,38-39,49,66H,18-25,55H2,1-3H3,(H2,56,59)(H2,57,60)(H2,58,61,67). The number of nitrogens with zero attached hydrogens (tertiary/aromatic N) is 5. The third-order valence-electron chi connectivity index (χ3n) is 12.0. The fraction of sp³-hybridized carbons (Fsp3) is 0.288. The molecule has 16 heteroatoms. The van der Waals surface area contributed by atoms with Crippen molar-refractivity contribution in [2.75, 3.05) is 42.5 Å². The zero-order valence-electron chi connectivity index (χ0n) is 37.9. The molecule has 0 aliphatic carbocycles. The summed E-state index contributed by atoms with van der Waals surface area (Å²) >= 11 is 13.1. The van der Waals surface area contributed by atoms with Gasteiger partial charge in [-0.05, 0) is 113 Å². The molecule has 0 bridgehead atoms. The van der Waals surface area contributed by atoms with Crippen molar-refractivity contribution in [3.05, 3.63) is 135 Å². The molecule has 2 fully saturated rings. The van der Waals surface area contributed by atoms with E-state index in [1.54, 1.807) is 80.5 Å². The molecular weight excluding hydrogens is 900 g/mol. The lowest BCUT2D eigenvalue weighted by atomic mass is 9.98. The summed E-state index contributed by atoms with van der Waals surface area (Å²) in [5, 5.41) is 27.4. The van der Waals surface area contributed by atoms with Gasteiger partial charge in [0.1, 0.15) is 23.5 Å². The minimum absolute atomic E-state index is 0.0403. The largest absolute Gasteiger partial charge is 0.444 e. The highest BCUT2D eigenvalue weighted by Crippen LogP contribution is 2.37. The summed E-state index contributed by atoms with van der Waals surface area (Å²) in [6, 6.07) is 23.2. The zero-order chi connectivity index (χ0) is 48.3. The van der Waals surface area contributed by atoms with Gasteiger partial charge < -0.3 is 36.8 Å². The summed E-state index contributed by atoms with van der Waals surface area (Å²) < 4.78 is 5.55. The predicted octanol–water partition coefficient (Wildman–Crippen LogP) is 8.04. The Kier molecular flexibility index (Phi) is 14.1. The van der Waals surface area contributed by atoms with Crippen molar-refractivity contribution in [2.24, 2.45) is 5.73 Å². The van der Waals surface area contributed by atoms with E-state index in [4.69, 9.17) is 45.1 Å². The molecule has 14 nitrogen and oxygen atoms in total. The number of hydrogen-bond donors (Lipinski definition) is 6. The first kappa shape index (κ1) is 47.6. The van der Waals surface area contributed by atoms with Crippen molar-refractivity contribution in [1.82, 2.24) is 25.1 Å². The molecule has 2 aliphatic rings. The Balaban J connectivity index is 1.03. The molecule has 0 spiro atoms. The minimum Gasteiger partial charge on any atom is -0.444 e. The van der Waals surface area contributed by atoms with E-state index in [9.17, 15) is 20.1 Å². The number of benzene rings is 4. The number of piperidine rings is 2. The number of rotatable bonds is 5. The summed E-state index contributed by atoms with van der Waals surface area (Å²) in [4.78, 5) is 40.6. The van der Waals surface area contributed by atoms with Gasteiger partial charge in [-0.25, -0.2) is 14.8 Å². The van der Waals surface area contributed by atoms with E-state index in [-0.39, 0.29) is 29.8 Å². The topological polar surface area (TPSA) is 213 Å². The predicted molar refractivity (Wildman–Crippen MR) is 269 cm³/mol. The Hall–Kier alpha value is -6.91. The quantitative estimate of drug-likeness (QED) is 0.0553. The second-order valence-electron chi connectivity index (χ2n) is 18.0. The smallest absolute Gasteiger partial charge is 0.414 e. The van der Waals surface area contributed by atoms with E-state index in [1.165, 1.54) is 0 Å². The average Bonchev–Trinajstić information content (AvgIpc) is 3.30. The van der Waals surface area contributed by atoms with Crippen LogP contribution in [0.1, 0.15) is 90.9 Å². The number of aliphatic hydroxyl groups excluding tert-OH is 1. The maximum Gasteiger partial charge on any atom is 0.414 e. The monoisotopic (exact) mass is 950 g/mol. The van der Waals surface area contributed by atoms with Crippen LogP contribution in [0.2, 0.25) is 10.0 Å².